The summed E-state index contributed by atoms with van der Waals surface area (Å²) in [4.78, 5) is 20.0. The van der Waals surface area contributed by atoms with Crippen molar-refractivity contribution in [1.29, 1.82) is 0 Å². The first kappa shape index (κ1) is 24.5. The van der Waals surface area contributed by atoms with Gasteiger partial charge in [0.05, 0.1) is 36.9 Å². The number of rotatable bonds is 6. The molecule has 4 aromatic rings. The van der Waals surface area contributed by atoms with Gasteiger partial charge in [-0.3, -0.25) is 0 Å². The smallest absolute Gasteiger partial charge is 0.423 e. The zero-order valence-electron chi connectivity index (χ0n) is 17.7. The van der Waals surface area contributed by atoms with Crippen LogP contribution < -0.4 is 10.1 Å². The molecule has 0 bridgehead atoms. The lowest BCUT2D eigenvalue weighted by Crippen LogP contribution is -2.11. The summed E-state index contributed by atoms with van der Waals surface area (Å²) in [7, 11) is 2.43. The van der Waals surface area contributed by atoms with Gasteiger partial charge in [-0.05, 0) is 17.6 Å². The molecule has 0 unspecified atom stereocenters. The molecule has 0 radical (unpaired) electrons. The number of methoxy groups -OCH3 is 2. The molecule has 4 heterocycles. The Labute approximate surface area is 196 Å². The summed E-state index contributed by atoms with van der Waals surface area (Å²) in [6.07, 6.45) is -7.73. The molecule has 184 valence electrons. The molecule has 0 saturated carbocycles. The highest BCUT2D eigenvalue weighted by molar-refractivity contribution is 7.04. The Hall–Kier alpha value is -3.66. The highest BCUT2D eigenvalue weighted by Crippen LogP contribution is 2.38. The summed E-state index contributed by atoms with van der Waals surface area (Å²) in [6.45, 7) is -0.00177. The van der Waals surface area contributed by atoms with Crippen LogP contribution in [0.15, 0.2) is 23.8 Å². The maximum absolute atomic E-state index is 13.3. The van der Waals surface area contributed by atoms with Crippen molar-refractivity contribution >= 4 is 34.3 Å². The van der Waals surface area contributed by atoms with Crippen LogP contribution in [0.3, 0.4) is 0 Å². The zero-order valence-corrected chi connectivity index (χ0v) is 18.5. The molecule has 0 aliphatic heterocycles. The number of anilines is 2. The molecule has 0 aliphatic carbocycles. The van der Waals surface area contributed by atoms with Crippen LogP contribution in [0.1, 0.15) is 16.8 Å². The first-order valence-corrected chi connectivity index (χ1v) is 10.3. The van der Waals surface area contributed by atoms with Gasteiger partial charge in [-0.2, -0.15) is 35.7 Å². The molecule has 4 rings (SSSR count). The third-order valence-corrected chi connectivity index (χ3v) is 5.11. The van der Waals surface area contributed by atoms with Crippen molar-refractivity contribution in [3.8, 4) is 17.3 Å². The lowest BCUT2D eigenvalue weighted by Gasteiger charge is -2.13. The molecule has 9 nitrogen and oxygen atoms in total. The SMILES string of the molecule is COCc1cc(Nc2ncc(C(F)(F)F)c(OC)n2)c2ncc(-c3nscc3C(F)(F)F)nc2n1. The number of halogens is 6. The lowest BCUT2D eigenvalue weighted by atomic mass is 10.2. The summed E-state index contributed by atoms with van der Waals surface area (Å²) < 4.78 is 92.8. The van der Waals surface area contributed by atoms with Crippen LogP contribution in [0.25, 0.3) is 22.6 Å². The highest BCUT2D eigenvalue weighted by atomic mass is 32.1. The quantitative estimate of drug-likeness (QED) is 0.358. The second-order valence-corrected chi connectivity index (χ2v) is 7.46. The zero-order chi connectivity index (χ0) is 25.4. The first-order valence-electron chi connectivity index (χ1n) is 9.44. The Morgan fingerprint density at radius 3 is 2.34 bits per heavy atom. The molecule has 0 aliphatic rings. The van der Waals surface area contributed by atoms with Gasteiger partial charge in [-0.25, -0.2) is 19.9 Å². The molecule has 4 aromatic heterocycles. The minimum absolute atomic E-state index is 0.00177. The molecule has 0 fully saturated rings. The highest BCUT2D eigenvalue weighted by Gasteiger charge is 2.37. The normalized spacial score (nSPS) is 12.2. The largest absolute Gasteiger partial charge is 0.480 e. The van der Waals surface area contributed by atoms with Gasteiger partial charge in [0.25, 0.3) is 0 Å². The average molecular weight is 517 g/mol. The van der Waals surface area contributed by atoms with Crippen molar-refractivity contribution in [2.75, 3.05) is 19.5 Å². The molecule has 0 spiro atoms. The third kappa shape index (κ3) is 5.07. The van der Waals surface area contributed by atoms with E-state index in [0.717, 1.165) is 18.7 Å². The van der Waals surface area contributed by atoms with E-state index >= 15 is 0 Å². The number of alkyl halides is 6. The van der Waals surface area contributed by atoms with Crippen molar-refractivity contribution in [3.63, 3.8) is 0 Å². The van der Waals surface area contributed by atoms with Gasteiger partial charge in [-0.15, -0.1) is 0 Å². The molecule has 1 N–H and O–H groups in total. The van der Waals surface area contributed by atoms with E-state index < -0.39 is 35.1 Å². The number of aromatic nitrogens is 6. The predicted octanol–water partition coefficient (Wildman–Crippen LogP) is 4.87. The summed E-state index contributed by atoms with van der Waals surface area (Å²) in [5.74, 6) is -0.961. The Bertz CT molecular complexity index is 1380. The van der Waals surface area contributed by atoms with E-state index in [1.807, 2.05) is 0 Å². The lowest BCUT2D eigenvalue weighted by molar-refractivity contribution is -0.139. The average Bonchev–Trinajstić information content (AvgIpc) is 3.29. The van der Waals surface area contributed by atoms with Crippen LogP contribution in [0, 0.1) is 0 Å². The number of nitrogens with one attached hydrogen (secondary N) is 1. The van der Waals surface area contributed by atoms with Gasteiger partial charge in [-0.1, -0.05) is 0 Å². The van der Waals surface area contributed by atoms with E-state index in [-0.39, 0.29) is 35.1 Å². The third-order valence-electron chi connectivity index (χ3n) is 4.48. The monoisotopic (exact) mass is 517 g/mol. The van der Waals surface area contributed by atoms with Gasteiger partial charge in [0.2, 0.25) is 11.8 Å². The second kappa shape index (κ2) is 9.18. The molecule has 0 saturated heterocycles. The molecule has 16 heteroatoms. The van der Waals surface area contributed by atoms with E-state index in [4.69, 9.17) is 9.47 Å². The maximum atomic E-state index is 13.3. The Morgan fingerprint density at radius 1 is 0.943 bits per heavy atom. The fraction of sp³-hybridized carbons (Fsp3) is 0.263. The topological polar surface area (TPSA) is 108 Å². The molecule has 0 aromatic carbocycles. The number of nitrogens with zero attached hydrogens (tertiary/aromatic N) is 6. The van der Waals surface area contributed by atoms with Crippen LogP contribution in [-0.2, 0) is 23.7 Å². The summed E-state index contributed by atoms with van der Waals surface area (Å²) in [5, 5.41) is 3.59. The van der Waals surface area contributed by atoms with Gasteiger partial charge in [0.15, 0.2) is 5.65 Å². The summed E-state index contributed by atoms with van der Waals surface area (Å²) in [5.41, 5.74) is -2.17. The van der Waals surface area contributed by atoms with Crippen molar-refractivity contribution < 1.29 is 35.8 Å². The van der Waals surface area contributed by atoms with Gasteiger partial charge in [0.1, 0.15) is 22.5 Å². The van der Waals surface area contributed by atoms with Gasteiger partial charge >= 0.3 is 12.4 Å². The van der Waals surface area contributed by atoms with Crippen LogP contribution in [0.4, 0.5) is 38.0 Å². The van der Waals surface area contributed by atoms with E-state index in [1.165, 1.54) is 13.2 Å². The number of fused-ring (bicyclic) bond motifs is 1. The number of pyridine rings is 1. The van der Waals surface area contributed by atoms with E-state index in [0.29, 0.717) is 23.4 Å². The fourth-order valence-corrected chi connectivity index (χ4v) is 3.70. The Morgan fingerprint density at radius 2 is 1.69 bits per heavy atom. The summed E-state index contributed by atoms with van der Waals surface area (Å²) >= 11 is 0.617. The summed E-state index contributed by atoms with van der Waals surface area (Å²) in [6, 6.07) is 1.47. The fourth-order valence-electron chi connectivity index (χ4n) is 3.00. The number of hydrogen-bond donors (Lipinski definition) is 1. The molecule has 35 heavy (non-hydrogen) atoms. The Kier molecular flexibility index (Phi) is 6.42. The molecular weight excluding hydrogens is 504 g/mol. The van der Waals surface area contributed by atoms with Crippen LogP contribution in [-0.4, -0.2) is 43.5 Å². The number of ether oxygens (including phenoxy) is 2. The minimum atomic E-state index is -4.73. The Balaban J connectivity index is 1.80. The standard InChI is InChI=1S/C19H13F6N7O2S/c1-33-6-8-3-11(30-17-27-4-9(18(20,21)22)16(31-17)34-2)14-15(28-8)29-12(5-26-14)13-10(7-35-32-13)19(23,24)25/h3-5,7H,6H2,1-2H3,(H,27,28,29,30,31). The van der Waals surface area contributed by atoms with Gasteiger partial charge < -0.3 is 14.8 Å². The van der Waals surface area contributed by atoms with Crippen LogP contribution in [0.2, 0.25) is 0 Å². The van der Waals surface area contributed by atoms with Crippen molar-refractivity contribution in [3.05, 3.63) is 40.7 Å². The second-order valence-electron chi connectivity index (χ2n) is 6.84. The van der Waals surface area contributed by atoms with Gasteiger partial charge in [0, 0.05) is 18.7 Å². The maximum Gasteiger partial charge on any atom is 0.423 e. The molecule has 0 atom stereocenters. The molecule has 0 amide bonds. The minimum Gasteiger partial charge on any atom is -0.480 e. The number of hydrogen-bond acceptors (Lipinski definition) is 10. The first-order chi connectivity index (χ1) is 16.5. The van der Waals surface area contributed by atoms with E-state index in [9.17, 15) is 26.3 Å². The van der Waals surface area contributed by atoms with Crippen molar-refractivity contribution in [1.82, 2.24) is 29.3 Å². The molecular formula is C19H13F6N7O2S. The predicted molar refractivity (Wildman–Crippen MR) is 111 cm³/mol. The van der Waals surface area contributed by atoms with E-state index in [1.54, 1.807) is 0 Å². The van der Waals surface area contributed by atoms with E-state index in [2.05, 4.69) is 34.6 Å². The van der Waals surface area contributed by atoms with Crippen LogP contribution in [0.5, 0.6) is 5.88 Å². The van der Waals surface area contributed by atoms with Crippen molar-refractivity contribution in [2.24, 2.45) is 0 Å². The van der Waals surface area contributed by atoms with Crippen LogP contribution >= 0.6 is 11.5 Å². The van der Waals surface area contributed by atoms with Crippen molar-refractivity contribution in [2.45, 2.75) is 19.0 Å².